The van der Waals surface area contributed by atoms with Crippen molar-refractivity contribution in [1.29, 1.82) is 0 Å². The van der Waals surface area contributed by atoms with Crippen LogP contribution in [0, 0.1) is 5.92 Å². The Morgan fingerprint density at radius 3 is 2.40 bits per heavy atom. The van der Waals surface area contributed by atoms with Crippen LogP contribution in [0.1, 0.15) is 18.1 Å². The van der Waals surface area contributed by atoms with Crippen LogP contribution in [0.3, 0.4) is 0 Å². The summed E-state index contributed by atoms with van der Waals surface area (Å²) in [4.78, 5) is 15.8. The Bertz CT molecular complexity index is 454. The van der Waals surface area contributed by atoms with Crippen LogP contribution in [0.5, 0.6) is 0 Å². The maximum atomic E-state index is 11.0. The highest BCUT2D eigenvalue weighted by Crippen LogP contribution is 2.17. The molecule has 1 N–H and O–H groups in total. The van der Waals surface area contributed by atoms with Crippen LogP contribution in [0.2, 0.25) is 0 Å². The number of hydrogen-bond acceptors (Lipinski definition) is 3. The predicted molar refractivity (Wildman–Crippen MR) is 79.7 cm³/mol. The molecule has 1 aliphatic rings. The Labute approximate surface area is 121 Å². The van der Waals surface area contributed by atoms with Gasteiger partial charge in [-0.05, 0) is 24.6 Å². The molecule has 20 heavy (non-hydrogen) atoms. The van der Waals surface area contributed by atoms with Crippen molar-refractivity contribution in [3.8, 4) is 0 Å². The molecule has 1 aromatic carbocycles. The molecule has 0 amide bonds. The largest absolute Gasteiger partial charge is 0.481 e. The molecule has 1 aromatic rings. The summed E-state index contributed by atoms with van der Waals surface area (Å²) >= 11 is 0. The number of rotatable bonds is 5. The molecule has 2 rings (SSSR count). The lowest BCUT2D eigenvalue weighted by molar-refractivity contribution is -0.141. The second kappa shape index (κ2) is 6.86. The number of carboxylic acids is 1. The van der Waals surface area contributed by atoms with Gasteiger partial charge in [0, 0.05) is 32.7 Å². The number of aliphatic carboxylic acids is 1. The summed E-state index contributed by atoms with van der Waals surface area (Å²) < 4.78 is 0. The molecule has 1 unspecified atom stereocenters. The molecule has 0 bridgehead atoms. The Kier molecular flexibility index (Phi) is 5.15. The number of carboxylic acid groups (broad SMARTS) is 1. The zero-order valence-electron chi connectivity index (χ0n) is 12.4. The first-order valence-corrected chi connectivity index (χ1v) is 7.26. The van der Waals surface area contributed by atoms with Crippen molar-refractivity contribution < 1.29 is 9.90 Å². The first-order chi connectivity index (χ1) is 9.56. The minimum atomic E-state index is -0.723. The van der Waals surface area contributed by atoms with Crippen LogP contribution in [-0.2, 0) is 17.8 Å². The van der Waals surface area contributed by atoms with E-state index in [1.807, 2.05) is 12.1 Å². The quantitative estimate of drug-likeness (QED) is 0.889. The van der Waals surface area contributed by atoms with E-state index in [0.29, 0.717) is 6.42 Å². The number of hydrogen-bond donors (Lipinski definition) is 1. The van der Waals surface area contributed by atoms with Gasteiger partial charge in [0.25, 0.3) is 0 Å². The molecule has 4 heteroatoms. The van der Waals surface area contributed by atoms with E-state index < -0.39 is 5.97 Å². The summed E-state index contributed by atoms with van der Waals surface area (Å²) in [6.07, 6.45) is 0.610. The molecule has 0 spiro atoms. The molecule has 1 fully saturated rings. The summed E-state index contributed by atoms with van der Waals surface area (Å²) in [5, 5.41) is 9.07. The number of carbonyl (C=O) groups is 1. The van der Waals surface area contributed by atoms with Crippen LogP contribution in [-0.4, -0.2) is 54.1 Å². The molecule has 0 saturated carbocycles. The van der Waals surface area contributed by atoms with Crippen LogP contribution in [0.25, 0.3) is 0 Å². The van der Waals surface area contributed by atoms with Gasteiger partial charge >= 0.3 is 5.97 Å². The summed E-state index contributed by atoms with van der Waals surface area (Å²) in [6, 6.07) is 8.23. The topological polar surface area (TPSA) is 43.8 Å². The van der Waals surface area contributed by atoms with Crippen LogP contribution in [0.4, 0.5) is 0 Å². The monoisotopic (exact) mass is 276 g/mol. The van der Waals surface area contributed by atoms with Gasteiger partial charge < -0.3 is 10.0 Å². The number of piperazine rings is 1. The molecule has 1 atom stereocenters. The molecular formula is C16H24N2O2. The van der Waals surface area contributed by atoms with Crippen molar-refractivity contribution in [2.24, 2.45) is 5.92 Å². The van der Waals surface area contributed by atoms with Crippen molar-refractivity contribution in [2.75, 3.05) is 33.2 Å². The normalized spacial score (nSPS) is 18.9. The van der Waals surface area contributed by atoms with Crippen molar-refractivity contribution >= 4 is 5.97 Å². The van der Waals surface area contributed by atoms with Crippen LogP contribution < -0.4 is 0 Å². The highest BCUT2D eigenvalue weighted by molar-refractivity contribution is 5.70. The van der Waals surface area contributed by atoms with Gasteiger partial charge in [-0.25, -0.2) is 0 Å². The van der Waals surface area contributed by atoms with E-state index in [-0.39, 0.29) is 5.92 Å². The molecule has 110 valence electrons. The number of likely N-dealkylation sites (N-methyl/N-ethyl adjacent to an activating group) is 1. The smallest absolute Gasteiger partial charge is 0.306 e. The van der Waals surface area contributed by atoms with Crippen LogP contribution in [0.15, 0.2) is 24.3 Å². The number of nitrogens with zero attached hydrogens (tertiary/aromatic N) is 2. The Morgan fingerprint density at radius 2 is 1.80 bits per heavy atom. The molecule has 0 radical (unpaired) electrons. The van der Waals surface area contributed by atoms with Crippen molar-refractivity contribution in [1.82, 2.24) is 9.80 Å². The van der Waals surface area contributed by atoms with Gasteiger partial charge in [-0.2, -0.15) is 0 Å². The maximum absolute atomic E-state index is 11.0. The van der Waals surface area contributed by atoms with Gasteiger partial charge in [-0.1, -0.05) is 31.2 Å². The van der Waals surface area contributed by atoms with E-state index >= 15 is 0 Å². The fourth-order valence-electron chi connectivity index (χ4n) is 2.57. The Hall–Kier alpha value is -1.39. The SMILES string of the molecule is CC(Cc1ccccc1CN1CCN(C)CC1)C(=O)O. The van der Waals surface area contributed by atoms with E-state index in [2.05, 4.69) is 29.0 Å². The van der Waals surface area contributed by atoms with E-state index in [1.54, 1.807) is 6.92 Å². The zero-order chi connectivity index (χ0) is 14.5. The van der Waals surface area contributed by atoms with Crippen molar-refractivity contribution in [2.45, 2.75) is 19.9 Å². The molecular weight excluding hydrogens is 252 g/mol. The molecule has 0 aromatic heterocycles. The van der Waals surface area contributed by atoms with Gasteiger partial charge in [-0.15, -0.1) is 0 Å². The Morgan fingerprint density at radius 1 is 1.20 bits per heavy atom. The lowest BCUT2D eigenvalue weighted by atomic mass is 9.96. The average molecular weight is 276 g/mol. The van der Waals surface area contributed by atoms with E-state index in [4.69, 9.17) is 5.11 Å². The molecule has 0 aliphatic carbocycles. The fourth-order valence-corrected chi connectivity index (χ4v) is 2.57. The van der Waals surface area contributed by atoms with Gasteiger partial charge in [0.15, 0.2) is 0 Å². The third-order valence-corrected chi connectivity index (χ3v) is 4.06. The first-order valence-electron chi connectivity index (χ1n) is 7.26. The van der Waals surface area contributed by atoms with E-state index in [9.17, 15) is 4.79 Å². The lowest BCUT2D eigenvalue weighted by Crippen LogP contribution is -2.44. The maximum Gasteiger partial charge on any atom is 0.306 e. The number of benzene rings is 1. The first kappa shape index (κ1) is 15.0. The highest BCUT2D eigenvalue weighted by Gasteiger charge is 2.17. The van der Waals surface area contributed by atoms with Crippen molar-refractivity contribution in [3.05, 3.63) is 35.4 Å². The molecule has 1 saturated heterocycles. The second-order valence-corrected chi connectivity index (χ2v) is 5.79. The van der Waals surface area contributed by atoms with Gasteiger partial charge in [-0.3, -0.25) is 9.69 Å². The fraction of sp³-hybridized carbons (Fsp3) is 0.562. The third-order valence-electron chi connectivity index (χ3n) is 4.06. The van der Waals surface area contributed by atoms with E-state index in [0.717, 1.165) is 32.7 Å². The molecule has 4 nitrogen and oxygen atoms in total. The minimum absolute atomic E-state index is 0.330. The summed E-state index contributed by atoms with van der Waals surface area (Å²) in [7, 11) is 2.15. The zero-order valence-corrected chi connectivity index (χ0v) is 12.4. The summed E-state index contributed by atoms with van der Waals surface area (Å²) in [5.41, 5.74) is 2.44. The summed E-state index contributed by atoms with van der Waals surface area (Å²) in [5.74, 6) is -1.05. The summed E-state index contributed by atoms with van der Waals surface area (Å²) in [6.45, 7) is 7.07. The standard InChI is InChI=1S/C16H24N2O2/c1-13(16(19)20)11-14-5-3-4-6-15(14)12-18-9-7-17(2)8-10-18/h3-6,13H,7-12H2,1-2H3,(H,19,20). The van der Waals surface area contributed by atoms with Gasteiger partial charge in [0.2, 0.25) is 0 Å². The van der Waals surface area contributed by atoms with E-state index in [1.165, 1.54) is 11.1 Å². The molecule has 1 heterocycles. The second-order valence-electron chi connectivity index (χ2n) is 5.79. The van der Waals surface area contributed by atoms with Crippen molar-refractivity contribution in [3.63, 3.8) is 0 Å². The third kappa shape index (κ3) is 4.05. The highest BCUT2D eigenvalue weighted by atomic mass is 16.4. The van der Waals surface area contributed by atoms with Gasteiger partial charge in [0.1, 0.15) is 0 Å². The Balaban J connectivity index is 2.02. The average Bonchev–Trinajstić information content (AvgIpc) is 2.43. The molecule has 1 aliphatic heterocycles. The van der Waals surface area contributed by atoms with Gasteiger partial charge in [0.05, 0.1) is 5.92 Å². The lowest BCUT2D eigenvalue weighted by Gasteiger charge is -2.32. The van der Waals surface area contributed by atoms with Crippen LogP contribution >= 0.6 is 0 Å². The minimum Gasteiger partial charge on any atom is -0.481 e. The predicted octanol–water partition coefficient (Wildman–Crippen LogP) is 1.70.